The van der Waals surface area contributed by atoms with Gasteiger partial charge in [0.1, 0.15) is 5.56 Å². The molecule has 3 rings (SSSR count). The number of amides is 1. The molecule has 0 bridgehead atoms. The van der Waals surface area contributed by atoms with E-state index < -0.39 is 33.8 Å². The van der Waals surface area contributed by atoms with Crippen LogP contribution in [-0.4, -0.2) is 26.3 Å². The Balaban J connectivity index is 1.88. The molecule has 1 heterocycles. The molecule has 1 amide bonds. The summed E-state index contributed by atoms with van der Waals surface area (Å²) in [6, 6.07) is 9.30. The predicted octanol–water partition coefficient (Wildman–Crippen LogP) is 3.56. The second-order valence-electron chi connectivity index (χ2n) is 6.71. The van der Waals surface area contributed by atoms with Crippen LogP contribution in [0, 0.1) is 17.0 Å². The Morgan fingerprint density at radius 3 is 2.38 bits per heavy atom. The molecule has 0 spiro atoms. The molecule has 2 aromatic carbocycles. The topological polar surface area (TPSA) is 122 Å². The Labute approximate surface area is 178 Å². The maximum Gasteiger partial charge on any atom is 0.416 e. The van der Waals surface area contributed by atoms with E-state index in [1.807, 2.05) is 0 Å². The molecule has 1 aromatic heterocycles. The molecule has 0 unspecified atom stereocenters. The van der Waals surface area contributed by atoms with Crippen molar-refractivity contribution >= 4 is 17.3 Å². The zero-order valence-corrected chi connectivity index (χ0v) is 16.7. The number of nitro benzene ring substituents is 1. The van der Waals surface area contributed by atoms with Gasteiger partial charge in [0.2, 0.25) is 0 Å². The highest BCUT2D eigenvalue weighted by atomic mass is 19.4. The van der Waals surface area contributed by atoms with E-state index in [1.165, 1.54) is 31.2 Å². The number of nitrogens with zero attached hydrogens (tertiary/aromatic N) is 3. The normalized spacial score (nSPS) is 12.0. The van der Waals surface area contributed by atoms with Crippen LogP contribution in [0.2, 0.25) is 0 Å². The molecule has 166 valence electrons. The summed E-state index contributed by atoms with van der Waals surface area (Å²) in [5.74, 6) is -0.840. The quantitative estimate of drug-likeness (QED) is 0.353. The molecule has 0 aliphatic heterocycles. The fourth-order valence-electron chi connectivity index (χ4n) is 3.03. The van der Waals surface area contributed by atoms with E-state index in [0.717, 1.165) is 28.9 Å². The standard InChI is InChI=1S/C20H16F3N5O4/c1-11(24-25-18(29)15-5-3-4-6-16(15)28(31)32)17-12(2)26-27(19(17)30)14-9-7-13(8-10-14)20(21,22)23/h3-10,26H,1-2H3,(H,25,29). The minimum Gasteiger partial charge on any atom is -0.295 e. The molecule has 0 atom stereocenters. The van der Waals surface area contributed by atoms with Crippen LogP contribution in [0.3, 0.4) is 0 Å². The molecule has 2 N–H and O–H groups in total. The molecular formula is C20H16F3N5O4. The lowest BCUT2D eigenvalue weighted by Gasteiger charge is -2.07. The second kappa shape index (κ2) is 8.49. The second-order valence-corrected chi connectivity index (χ2v) is 6.71. The summed E-state index contributed by atoms with van der Waals surface area (Å²) in [7, 11) is 0. The maximum atomic E-state index is 12.8. The number of nitrogens with one attached hydrogen (secondary N) is 2. The van der Waals surface area contributed by atoms with Gasteiger partial charge in [-0.25, -0.2) is 10.1 Å². The third-order valence-corrected chi connectivity index (χ3v) is 4.56. The largest absolute Gasteiger partial charge is 0.416 e. The first-order chi connectivity index (χ1) is 15.0. The summed E-state index contributed by atoms with van der Waals surface area (Å²) in [5, 5.41) is 17.7. The SMILES string of the molecule is CC(=NNC(=O)c1ccccc1[N+](=O)[O-])c1c(C)[nH]n(-c2ccc(C(F)(F)F)cc2)c1=O. The number of hydrogen-bond donors (Lipinski definition) is 2. The molecule has 0 radical (unpaired) electrons. The number of para-hydroxylation sites is 1. The third-order valence-electron chi connectivity index (χ3n) is 4.56. The highest BCUT2D eigenvalue weighted by Crippen LogP contribution is 2.29. The van der Waals surface area contributed by atoms with Gasteiger partial charge in [-0.1, -0.05) is 12.1 Å². The Kier molecular flexibility index (Phi) is 5.96. The fourth-order valence-corrected chi connectivity index (χ4v) is 3.03. The van der Waals surface area contributed by atoms with E-state index in [0.29, 0.717) is 5.69 Å². The number of carbonyl (C=O) groups excluding carboxylic acids is 1. The van der Waals surface area contributed by atoms with Crippen LogP contribution < -0.4 is 11.0 Å². The highest BCUT2D eigenvalue weighted by molar-refractivity contribution is 6.02. The van der Waals surface area contributed by atoms with Gasteiger partial charge in [-0.15, -0.1) is 0 Å². The Morgan fingerprint density at radius 1 is 1.16 bits per heavy atom. The van der Waals surface area contributed by atoms with Gasteiger partial charge in [0.25, 0.3) is 17.2 Å². The lowest BCUT2D eigenvalue weighted by molar-refractivity contribution is -0.385. The average molecular weight is 447 g/mol. The molecule has 3 aromatic rings. The molecule has 32 heavy (non-hydrogen) atoms. The molecule has 12 heteroatoms. The van der Waals surface area contributed by atoms with E-state index in [-0.39, 0.29) is 22.5 Å². The molecule has 0 fully saturated rings. The van der Waals surface area contributed by atoms with Gasteiger partial charge in [0, 0.05) is 11.8 Å². The van der Waals surface area contributed by atoms with Crippen molar-refractivity contribution in [3.05, 3.63) is 91.4 Å². The van der Waals surface area contributed by atoms with Crippen molar-refractivity contribution < 1.29 is 22.9 Å². The van der Waals surface area contributed by atoms with Gasteiger partial charge in [-0.2, -0.15) is 18.3 Å². The van der Waals surface area contributed by atoms with Gasteiger partial charge >= 0.3 is 6.18 Å². The van der Waals surface area contributed by atoms with E-state index in [2.05, 4.69) is 15.6 Å². The number of hydrogen-bond acceptors (Lipinski definition) is 5. The van der Waals surface area contributed by atoms with Gasteiger partial charge in [-0.3, -0.25) is 24.8 Å². The van der Waals surface area contributed by atoms with Crippen LogP contribution in [0.4, 0.5) is 18.9 Å². The average Bonchev–Trinajstić information content (AvgIpc) is 3.05. The zero-order valence-electron chi connectivity index (χ0n) is 16.7. The fraction of sp³-hybridized carbons (Fsp3) is 0.150. The van der Waals surface area contributed by atoms with Gasteiger partial charge in [0.05, 0.1) is 27.4 Å². The zero-order chi connectivity index (χ0) is 23.6. The number of carbonyl (C=O) groups is 1. The number of nitro groups is 1. The van der Waals surface area contributed by atoms with Crippen LogP contribution in [0.1, 0.15) is 34.1 Å². The van der Waals surface area contributed by atoms with Crippen LogP contribution in [-0.2, 0) is 6.18 Å². The third kappa shape index (κ3) is 4.43. The summed E-state index contributed by atoms with van der Waals surface area (Å²) in [6.07, 6.45) is -4.50. The molecule has 0 aliphatic carbocycles. The number of aromatic nitrogens is 2. The Hall–Kier alpha value is -4.22. The van der Waals surface area contributed by atoms with Crippen LogP contribution in [0.25, 0.3) is 5.69 Å². The number of benzene rings is 2. The number of halogens is 3. The first-order valence-corrected chi connectivity index (χ1v) is 9.08. The minimum absolute atomic E-state index is 0.0905. The molecule has 0 saturated heterocycles. The predicted molar refractivity (Wildman–Crippen MR) is 109 cm³/mol. The monoisotopic (exact) mass is 447 g/mol. The van der Waals surface area contributed by atoms with Crippen molar-refractivity contribution in [2.75, 3.05) is 0 Å². The van der Waals surface area contributed by atoms with Crippen molar-refractivity contribution in [3.8, 4) is 5.69 Å². The molecule has 9 nitrogen and oxygen atoms in total. The number of alkyl halides is 3. The van der Waals surface area contributed by atoms with Crippen LogP contribution >= 0.6 is 0 Å². The van der Waals surface area contributed by atoms with E-state index >= 15 is 0 Å². The Morgan fingerprint density at radius 2 is 1.78 bits per heavy atom. The molecule has 0 aliphatic rings. The molecular weight excluding hydrogens is 431 g/mol. The van der Waals surface area contributed by atoms with Crippen LogP contribution in [0.5, 0.6) is 0 Å². The Bertz CT molecular complexity index is 1270. The van der Waals surface area contributed by atoms with Crippen molar-refractivity contribution in [1.29, 1.82) is 0 Å². The van der Waals surface area contributed by atoms with E-state index in [4.69, 9.17) is 0 Å². The summed E-state index contributed by atoms with van der Waals surface area (Å²) in [4.78, 5) is 35.5. The van der Waals surface area contributed by atoms with Crippen molar-refractivity contribution in [1.82, 2.24) is 15.2 Å². The minimum atomic E-state index is -4.50. The van der Waals surface area contributed by atoms with Crippen LogP contribution in [0.15, 0.2) is 58.4 Å². The van der Waals surface area contributed by atoms with Gasteiger partial charge < -0.3 is 0 Å². The highest BCUT2D eigenvalue weighted by Gasteiger charge is 2.30. The number of hydrazone groups is 1. The number of aromatic amines is 1. The van der Waals surface area contributed by atoms with E-state index in [9.17, 15) is 32.9 Å². The number of aryl methyl sites for hydroxylation is 1. The lowest BCUT2D eigenvalue weighted by atomic mass is 10.1. The smallest absolute Gasteiger partial charge is 0.295 e. The van der Waals surface area contributed by atoms with E-state index in [1.54, 1.807) is 6.92 Å². The first kappa shape index (κ1) is 22.5. The molecule has 0 saturated carbocycles. The summed E-state index contributed by atoms with van der Waals surface area (Å²) in [5.41, 5.74) is 0.843. The van der Waals surface area contributed by atoms with Crippen molar-refractivity contribution in [2.45, 2.75) is 20.0 Å². The summed E-state index contributed by atoms with van der Waals surface area (Å²) in [6.45, 7) is 2.99. The summed E-state index contributed by atoms with van der Waals surface area (Å²) >= 11 is 0. The van der Waals surface area contributed by atoms with Gasteiger partial charge in [-0.05, 0) is 44.2 Å². The number of rotatable bonds is 5. The summed E-state index contributed by atoms with van der Waals surface area (Å²) < 4.78 is 39.3. The lowest BCUT2D eigenvalue weighted by Crippen LogP contribution is -2.24. The van der Waals surface area contributed by atoms with Crippen molar-refractivity contribution in [2.24, 2.45) is 5.10 Å². The maximum absolute atomic E-state index is 12.8. The number of H-pyrrole nitrogens is 1. The van der Waals surface area contributed by atoms with Crippen molar-refractivity contribution in [3.63, 3.8) is 0 Å². The van der Waals surface area contributed by atoms with Gasteiger partial charge in [0.15, 0.2) is 0 Å². The first-order valence-electron chi connectivity index (χ1n) is 9.08.